The first-order chi connectivity index (χ1) is 10.2. The van der Waals surface area contributed by atoms with Crippen molar-refractivity contribution >= 4 is 0 Å². The maximum Gasteiger partial charge on any atom is 0.165 e. The van der Waals surface area contributed by atoms with Gasteiger partial charge >= 0.3 is 0 Å². The number of nitrogens with one attached hydrogen (secondary N) is 1. The molecule has 0 saturated carbocycles. The molecule has 2 aromatic rings. The quantitative estimate of drug-likeness (QED) is 0.757. The number of methoxy groups -OCH3 is 1. The summed E-state index contributed by atoms with van der Waals surface area (Å²) >= 11 is 0. The molecule has 0 spiro atoms. The lowest BCUT2D eigenvalue weighted by Crippen LogP contribution is -2.17. The molecule has 21 heavy (non-hydrogen) atoms. The molecule has 0 unspecified atom stereocenters. The number of aryl methyl sites for hydroxylation is 1. The standard InChI is InChI=1S/C16H23N3O2/c1-4-21-15-7-5-6-14(16(15)20-3)11-17-9-8-13-10-18-19(2)12-13/h5-7,10,12,17H,4,8-9,11H2,1-3H3. The molecule has 0 aliphatic heterocycles. The van der Waals surface area contributed by atoms with Crippen molar-refractivity contribution in [3.8, 4) is 11.5 Å². The lowest BCUT2D eigenvalue weighted by molar-refractivity contribution is 0.308. The number of nitrogens with zero attached hydrogens (tertiary/aromatic N) is 2. The summed E-state index contributed by atoms with van der Waals surface area (Å²) in [4.78, 5) is 0. The number of para-hydroxylation sites is 1. The maximum absolute atomic E-state index is 5.58. The molecule has 114 valence electrons. The normalized spacial score (nSPS) is 10.6. The van der Waals surface area contributed by atoms with E-state index in [1.54, 1.807) is 7.11 Å². The fourth-order valence-electron chi connectivity index (χ4n) is 2.26. The van der Waals surface area contributed by atoms with E-state index in [1.807, 2.05) is 43.2 Å². The van der Waals surface area contributed by atoms with Crippen LogP contribution >= 0.6 is 0 Å². The molecule has 1 aromatic heterocycles. The van der Waals surface area contributed by atoms with Crippen molar-refractivity contribution in [3.05, 3.63) is 41.7 Å². The van der Waals surface area contributed by atoms with Gasteiger partial charge in [0, 0.05) is 25.4 Å². The lowest BCUT2D eigenvalue weighted by Gasteiger charge is -2.14. The van der Waals surface area contributed by atoms with Crippen LogP contribution in [-0.2, 0) is 20.0 Å². The van der Waals surface area contributed by atoms with Crippen LogP contribution in [0.2, 0.25) is 0 Å². The minimum Gasteiger partial charge on any atom is -0.493 e. The average Bonchev–Trinajstić information content (AvgIpc) is 2.90. The van der Waals surface area contributed by atoms with Crippen LogP contribution in [-0.4, -0.2) is 30.0 Å². The Balaban J connectivity index is 1.89. The molecule has 0 bridgehead atoms. The topological polar surface area (TPSA) is 48.3 Å². The molecule has 0 amide bonds. The molecular formula is C16H23N3O2. The number of hydrogen-bond donors (Lipinski definition) is 1. The molecule has 0 aliphatic carbocycles. The van der Waals surface area contributed by atoms with Crippen molar-refractivity contribution in [2.45, 2.75) is 19.9 Å². The average molecular weight is 289 g/mol. The highest BCUT2D eigenvalue weighted by Gasteiger charge is 2.09. The highest BCUT2D eigenvalue weighted by atomic mass is 16.5. The Morgan fingerprint density at radius 2 is 2.19 bits per heavy atom. The molecule has 1 aromatic carbocycles. The minimum absolute atomic E-state index is 0.633. The van der Waals surface area contributed by atoms with Crippen LogP contribution < -0.4 is 14.8 Å². The Bertz CT molecular complexity index is 566. The van der Waals surface area contributed by atoms with E-state index in [9.17, 15) is 0 Å². The van der Waals surface area contributed by atoms with Crippen molar-refractivity contribution in [2.24, 2.45) is 7.05 Å². The van der Waals surface area contributed by atoms with Gasteiger partial charge in [0.05, 0.1) is 19.9 Å². The second kappa shape index (κ2) is 7.69. The zero-order valence-corrected chi connectivity index (χ0v) is 12.9. The first-order valence-electron chi connectivity index (χ1n) is 7.21. The largest absolute Gasteiger partial charge is 0.493 e. The summed E-state index contributed by atoms with van der Waals surface area (Å²) in [6.45, 7) is 4.25. The third kappa shape index (κ3) is 4.23. The van der Waals surface area contributed by atoms with E-state index in [2.05, 4.69) is 16.5 Å². The highest BCUT2D eigenvalue weighted by Crippen LogP contribution is 2.30. The first kappa shape index (κ1) is 15.4. The van der Waals surface area contributed by atoms with E-state index < -0.39 is 0 Å². The van der Waals surface area contributed by atoms with Crippen molar-refractivity contribution in [1.82, 2.24) is 15.1 Å². The van der Waals surface area contributed by atoms with Gasteiger partial charge in [-0.15, -0.1) is 0 Å². The number of rotatable bonds is 8. The summed E-state index contributed by atoms with van der Waals surface area (Å²) in [5.74, 6) is 1.61. The van der Waals surface area contributed by atoms with Gasteiger partial charge in [0.15, 0.2) is 11.5 Å². The fourth-order valence-corrected chi connectivity index (χ4v) is 2.26. The molecule has 2 rings (SSSR count). The fraction of sp³-hybridized carbons (Fsp3) is 0.438. The van der Waals surface area contributed by atoms with Crippen LogP contribution in [0.15, 0.2) is 30.6 Å². The van der Waals surface area contributed by atoms with Crippen molar-refractivity contribution in [2.75, 3.05) is 20.3 Å². The van der Waals surface area contributed by atoms with E-state index >= 15 is 0 Å². The van der Waals surface area contributed by atoms with Crippen LogP contribution in [0.1, 0.15) is 18.1 Å². The van der Waals surface area contributed by atoms with Gasteiger partial charge in [-0.25, -0.2) is 0 Å². The highest BCUT2D eigenvalue weighted by molar-refractivity contribution is 5.46. The Kier molecular flexibility index (Phi) is 5.63. The lowest BCUT2D eigenvalue weighted by atomic mass is 10.1. The Morgan fingerprint density at radius 1 is 1.33 bits per heavy atom. The van der Waals surface area contributed by atoms with Crippen LogP contribution in [0.3, 0.4) is 0 Å². The van der Waals surface area contributed by atoms with E-state index in [0.29, 0.717) is 6.61 Å². The summed E-state index contributed by atoms with van der Waals surface area (Å²) in [7, 11) is 3.61. The van der Waals surface area contributed by atoms with E-state index in [-0.39, 0.29) is 0 Å². The van der Waals surface area contributed by atoms with Crippen LogP contribution in [0.5, 0.6) is 11.5 Å². The Hall–Kier alpha value is -2.01. The smallest absolute Gasteiger partial charge is 0.165 e. The van der Waals surface area contributed by atoms with E-state index in [1.165, 1.54) is 5.56 Å². The number of ether oxygens (including phenoxy) is 2. The van der Waals surface area contributed by atoms with Crippen LogP contribution in [0.4, 0.5) is 0 Å². The molecule has 1 heterocycles. The monoisotopic (exact) mass is 289 g/mol. The third-order valence-corrected chi connectivity index (χ3v) is 3.23. The summed E-state index contributed by atoms with van der Waals surface area (Å²) in [5.41, 5.74) is 2.34. The van der Waals surface area contributed by atoms with Crippen molar-refractivity contribution < 1.29 is 9.47 Å². The summed E-state index contributed by atoms with van der Waals surface area (Å²) in [5, 5.41) is 7.60. The summed E-state index contributed by atoms with van der Waals surface area (Å²) in [6.07, 6.45) is 4.90. The van der Waals surface area contributed by atoms with Gasteiger partial charge in [0.2, 0.25) is 0 Å². The molecule has 5 nitrogen and oxygen atoms in total. The van der Waals surface area contributed by atoms with Gasteiger partial charge < -0.3 is 14.8 Å². The van der Waals surface area contributed by atoms with Gasteiger partial charge in [-0.1, -0.05) is 12.1 Å². The number of benzene rings is 1. The molecule has 0 atom stereocenters. The van der Waals surface area contributed by atoms with Gasteiger partial charge in [-0.2, -0.15) is 5.10 Å². The van der Waals surface area contributed by atoms with Gasteiger partial charge in [-0.05, 0) is 31.5 Å². The van der Waals surface area contributed by atoms with Crippen molar-refractivity contribution in [1.29, 1.82) is 0 Å². The minimum atomic E-state index is 0.633. The van der Waals surface area contributed by atoms with Gasteiger partial charge in [0.25, 0.3) is 0 Å². The molecule has 5 heteroatoms. The third-order valence-electron chi connectivity index (χ3n) is 3.23. The Labute approximate surface area is 125 Å². The summed E-state index contributed by atoms with van der Waals surface area (Å²) in [6, 6.07) is 5.98. The molecular weight excluding hydrogens is 266 g/mol. The maximum atomic E-state index is 5.58. The summed E-state index contributed by atoms with van der Waals surface area (Å²) < 4.78 is 12.9. The second-order valence-corrected chi connectivity index (χ2v) is 4.83. The van der Waals surface area contributed by atoms with Gasteiger partial charge in [-0.3, -0.25) is 4.68 Å². The van der Waals surface area contributed by atoms with E-state index in [4.69, 9.17) is 9.47 Å². The predicted octanol–water partition coefficient (Wildman–Crippen LogP) is 2.16. The molecule has 0 fully saturated rings. The van der Waals surface area contributed by atoms with Crippen LogP contribution in [0.25, 0.3) is 0 Å². The SMILES string of the molecule is CCOc1cccc(CNCCc2cnn(C)c2)c1OC. The zero-order chi connectivity index (χ0) is 15.1. The zero-order valence-electron chi connectivity index (χ0n) is 12.9. The predicted molar refractivity (Wildman–Crippen MR) is 82.8 cm³/mol. The molecule has 1 N–H and O–H groups in total. The van der Waals surface area contributed by atoms with Gasteiger partial charge in [0.1, 0.15) is 0 Å². The molecule has 0 aliphatic rings. The molecule has 0 saturated heterocycles. The second-order valence-electron chi connectivity index (χ2n) is 4.83. The van der Waals surface area contributed by atoms with Crippen molar-refractivity contribution in [3.63, 3.8) is 0 Å². The first-order valence-corrected chi connectivity index (χ1v) is 7.21. The Morgan fingerprint density at radius 3 is 2.86 bits per heavy atom. The number of aromatic nitrogens is 2. The van der Waals surface area contributed by atoms with E-state index in [0.717, 1.165) is 36.6 Å². The molecule has 0 radical (unpaired) electrons. The van der Waals surface area contributed by atoms with Crippen LogP contribution in [0, 0.1) is 0 Å². The number of hydrogen-bond acceptors (Lipinski definition) is 4.